The van der Waals surface area contributed by atoms with Crippen LogP contribution in [0.2, 0.25) is 0 Å². The van der Waals surface area contributed by atoms with E-state index < -0.39 is 0 Å². The van der Waals surface area contributed by atoms with Gasteiger partial charge >= 0.3 is 0 Å². The number of hydrogen-bond acceptors (Lipinski definition) is 4. The van der Waals surface area contributed by atoms with Crippen molar-refractivity contribution in [1.82, 2.24) is 5.32 Å². The number of nitrogens with two attached hydrogens (primary N) is 1. The van der Waals surface area contributed by atoms with Gasteiger partial charge in [0.25, 0.3) is 0 Å². The quantitative estimate of drug-likeness (QED) is 0.764. The maximum atomic E-state index is 11.7. The van der Waals surface area contributed by atoms with E-state index in [1.54, 1.807) is 13.2 Å². The molecule has 1 amide bonds. The molecule has 0 atom stereocenters. The third kappa shape index (κ3) is 3.29. The molecule has 0 radical (unpaired) electrons. The van der Waals surface area contributed by atoms with Gasteiger partial charge < -0.3 is 20.7 Å². The number of benzene rings is 1. The minimum atomic E-state index is 0.0430. The number of rotatable bonds is 5. The highest BCUT2D eigenvalue weighted by Crippen LogP contribution is 2.24. The SMILES string of the molecule is COc1cc(N)cc(N(C)CC(=O)NC2CC2)c1. The number of anilines is 2. The van der Waals surface area contributed by atoms with E-state index in [-0.39, 0.29) is 5.91 Å². The normalized spacial score (nSPS) is 14.1. The van der Waals surface area contributed by atoms with Crippen LogP contribution in [0.25, 0.3) is 0 Å². The van der Waals surface area contributed by atoms with Crippen molar-refractivity contribution in [3.63, 3.8) is 0 Å². The Labute approximate surface area is 107 Å². The Balaban J connectivity index is 2.00. The molecule has 1 aromatic rings. The number of carbonyl (C=O) groups excluding carboxylic acids is 1. The molecule has 1 aliphatic rings. The molecule has 0 heterocycles. The molecule has 1 saturated carbocycles. The third-order valence-electron chi connectivity index (χ3n) is 2.91. The lowest BCUT2D eigenvalue weighted by molar-refractivity contribution is -0.119. The molecular formula is C13H19N3O2. The van der Waals surface area contributed by atoms with Gasteiger partial charge in [-0.1, -0.05) is 0 Å². The van der Waals surface area contributed by atoms with Crippen LogP contribution in [0.4, 0.5) is 11.4 Å². The number of methoxy groups -OCH3 is 1. The molecule has 0 aliphatic heterocycles. The summed E-state index contributed by atoms with van der Waals surface area (Å²) in [6.45, 7) is 0.323. The fraction of sp³-hybridized carbons (Fsp3) is 0.462. The Morgan fingerprint density at radius 2 is 2.22 bits per heavy atom. The number of amides is 1. The summed E-state index contributed by atoms with van der Waals surface area (Å²) in [5.74, 6) is 0.737. The molecule has 3 N–H and O–H groups in total. The monoisotopic (exact) mass is 249 g/mol. The summed E-state index contributed by atoms with van der Waals surface area (Å²) in [6.07, 6.45) is 2.20. The van der Waals surface area contributed by atoms with Crippen molar-refractivity contribution in [2.75, 3.05) is 31.3 Å². The van der Waals surface area contributed by atoms with E-state index in [4.69, 9.17) is 10.5 Å². The molecule has 0 bridgehead atoms. The summed E-state index contributed by atoms with van der Waals surface area (Å²) in [4.78, 5) is 13.6. The van der Waals surface area contributed by atoms with Gasteiger partial charge in [0.1, 0.15) is 5.75 Å². The van der Waals surface area contributed by atoms with E-state index in [1.165, 1.54) is 0 Å². The summed E-state index contributed by atoms with van der Waals surface area (Å²) >= 11 is 0. The third-order valence-corrected chi connectivity index (χ3v) is 2.91. The van der Waals surface area contributed by atoms with E-state index in [9.17, 15) is 4.79 Å². The zero-order chi connectivity index (χ0) is 13.1. The maximum absolute atomic E-state index is 11.7. The van der Waals surface area contributed by atoms with Crippen molar-refractivity contribution in [1.29, 1.82) is 0 Å². The van der Waals surface area contributed by atoms with Gasteiger partial charge in [-0.25, -0.2) is 0 Å². The topological polar surface area (TPSA) is 67.6 Å². The molecule has 5 heteroatoms. The molecule has 18 heavy (non-hydrogen) atoms. The first kappa shape index (κ1) is 12.5. The van der Waals surface area contributed by atoms with Crippen LogP contribution in [-0.4, -0.2) is 32.7 Å². The molecule has 0 saturated heterocycles. The van der Waals surface area contributed by atoms with Gasteiger partial charge in [0.05, 0.1) is 13.7 Å². The molecule has 1 fully saturated rings. The Morgan fingerprint density at radius 1 is 1.50 bits per heavy atom. The standard InChI is InChI=1S/C13H19N3O2/c1-16(8-13(17)15-10-3-4-10)11-5-9(14)6-12(7-11)18-2/h5-7,10H,3-4,8,14H2,1-2H3,(H,15,17). The lowest BCUT2D eigenvalue weighted by Crippen LogP contribution is -2.36. The largest absolute Gasteiger partial charge is 0.497 e. The van der Waals surface area contributed by atoms with Gasteiger partial charge in [0.15, 0.2) is 0 Å². The predicted molar refractivity (Wildman–Crippen MR) is 71.8 cm³/mol. The smallest absolute Gasteiger partial charge is 0.239 e. The first-order valence-corrected chi connectivity index (χ1v) is 6.03. The van der Waals surface area contributed by atoms with Crippen molar-refractivity contribution >= 4 is 17.3 Å². The number of hydrogen-bond donors (Lipinski definition) is 2. The minimum Gasteiger partial charge on any atom is -0.497 e. The van der Waals surface area contributed by atoms with Crippen LogP contribution in [0.3, 0.4) is 0 Å². The van der Waals surface area contributed by atoms with Gasteiger partial charge in [-0.3, -0.25) is 4.79 Å². The van der Waals surface area contributed by atoms with Gasteiger partial charge in [-0.2, -0.15) is 0 Å². The van der Waals surface area contributed by atoms with E-state index >= 15 is 0 Å². The maximum Gasteiger partial charge on any atom is 0.239 e. The van der Waals surface area contributed by atoms with E-state index in [0.29, 0.717) is 24.0 Å². The summed E-state index contributed by atoms with van der Waals surface area (Å²) in [7, 11) is 3.46. The number of nitrogens with one attached hydrogen (secondary N) is 1. The molecule has 1 aliphatic carbocycles. The number of nitrogen functional groups attached to an aromatic ring is 1. The van der Waals surface area contributed by atoms with E-state index in [1.807, 2.05) is 24.1 Å². The average molecular weight is 249 g/mol. The van der Waals surface area contributed by atoms with Crippen LogP contribution in [-0.2, 0) is 4.79 Å². The molecule has 1 aromatic carbocycles. The zero-order valence-corrected chi connectivity index (χ0v) is 10.8. The predicted octanol–water partition coefficient (Wildman–Crippen LogP) is 0.992. The number of carbonyl (C=O) groups is 1. The van der Waals surface area contributed by atoms with Crippen LogP contribution >= 0.6 is 0 Å². The lowest BCUT2D eigenvalue weighted by atomic mass is 10.2. The Morgan fingerprint density at radius 3 is 2.83 bits per heavy atom. The molecule has 0 aromatic heterocycles. The summed E-state index contributed by atoms with van der Waals surface area (Å²) in [5.41, 5.74) is 7.28. The highest BCUT2D eigenvalue weighted by Gasteiger charge is 2.23. The van der Waals surface area contributed by atoms with Crippen molar-refractivity contribution in [2.24, 2.45) is 0 Å². The molecule has 0 unspecified atom stereocenters. The summed E-state index contributed by atoms with van der Waals surface area (Å²) in [6, 6.07) is 5.83. The first-order valence-electron chi connectivity index (χ1n) is 6.03. The highest BCUT2D eigenvalue weighted by atomic mass is 16.5. The summed E-state index contributed by atoms with van der Waals surface area (Å²) < 4.78 is 5.16. The van der Waals surface area contributed by atoms with Crippen molar-refractivity contribution in [3.05, 3.63) is 18.2 Å². The number of ether oxygens (including phenoxy) is 1. The fourth-order valence-corrected chi connectivity index (χ4v) is 1.75. The second kappa shape index (κ2) is 5.16. The van der Waals surface area contributed by atoms with Crippen LogP contribution in [0.5, 0.6) is 5.75 Å². The van der Waals surface area contributed by atoms with Gasteiger partial charge in [-0.15, -0.1) is 0 Å². The van der Waals surface area contributed by atoms with Crippen LogP contribution in [0.1, 0.15) is 12.8 Å². The highest BCUT2D eigenvalue weighted by molar-refractivity contribution is 5.82. The second-order valence-corrected chi connectivity index (χ2v) is 4.66. The zero-order valence-electron chi connectivity index (χ0n) is 10.8. The molecule has 0 spiro atoms. The fourth-order valence-electron chi connectivity index (χ4n) is 1.75. The van der Waals surface area contributed by atoms with Crippen molar-refractivity contribution < 1.29 is 9.53 Å². The van der Waals surface area contributed by atoms with Crippen LogP contribution in [0.15, 0.2) is 18.2 Å². The molecule has 5 nitrogen and oxygen atoms in total. The van der Waals surface area contributed by atoms with Crippen LogP contribution < -0.4 is 20.7 Å². The van der Waals surface area contributed by atoms with Crippen LogP contribution in [0, 0.1) is 0 Å². The molecule has 98 valence electrons. The second-order valence-electron chi connectivity index (χ2n) is 4.66. The average Bonchev–Trinajstić information content (AvgIpc) is 3.11. The van der Waals surface area contributed by atoms with Gasteiger partial charge in [0.2, 0.25) is 5.91 Å². The Kier molecular flexibility index (Phi) is 3.60. The van der Waals surface area contributed by atoms with Gasteiger partial charge in [0, 0.05) is 36.6 Å². The number of nitrogens with zero attached hydrogens (tertiary/aromatic N) is 1. The van der Waals surface area contributed by atoms with Gasteiger partial charge in [-0.05, 0) is 18.9 Å². The molecule has 2 rings (SSSR count). The Hall–Kier alpha value is -1.91. The molecular weight excluding hydrogens is 230 g/mol. The lowest BCUT2D eigenvalue weighted by Gasteiger charge is -2.20. The number of likely N-dealkylation sites (N-methyl/N-ethyl adjacent to an activating group) is 1. The van der Waals surface area contributed by atoms with Crippen molar-refractivity contribution in [3.8, 4) is 5.75 Å². The van der Waals surface area contributed by atoms with E-state index in [2.05, 4.69) is 5.32 Å². The van der Waals surface area contributed by atoms with Crippen molar-refractivity contribution in [2.45, 2.75) is 18.9 Å². The Bertz CT molecular complexity index is 444. The minimum absolute atomic E-state index is 0.0430. The first-order chi connectivity index (χ1) is 8.58. The van der Waals surface area contributed by atoms with E-state index in [0.717, 1.165) is 18.5 Å². The summed E-state index contributed by atoms with van der Waals surface area (Å²) in [5, 5.41) is 2.95.